The number of carbonyl (C=O) groups excluding carboxylic acids is 2. The van der Waals surface area contributed by atoms with Gasteiger partial charge in [0.2, 0.25) is 11.8 Å². The Kier molecular flexibility index (Phi) is 6.26. The Bertz CT molecular complexity index is 1240. The molecule has 0 unspecified atom stereocenters. The summed E-state index contributed by atoms with van der Waals surface area (Å²) in [4.78, 5) is 44.2. The molecule has 3 heterocycles. The number of amides is 2. The second-order valence-electron chi connectivity index (χ2n) is 8.91. The van der Waals surface area contributed by atoms with Crippen molar-refractivity contribution < 1.29 is 9.59 Å². The highest BCUT2D eigenvalue weighted by molar-refractivity contribution is 7.18. The van der Waals surface area contributed by atoms with Gasteiger partial charge in [-0.15, -0.1) is 11.3 Å². The molecule has 1 fully saturated rings. The van der Waals surface area contributed by atoms with Crippen molar-refractivity contribution in [1.29, 1.82) is 0 Å². The Morgan fingerprint density at radius 2 is 1.94 bits per heavy atom. The highest BCUT2D eigenvalue weighted by Crippen LogP contribution is 2.33. The number of nitrogens with one attached hydrogen (secondary N) is 2. The van der Waals surface area contributed by atoms with Crippen molar-refractivity contribution in [3.63, 3.8) is 0 Å². The van der Waals surface area contributed by atoms with E-state index in [1.807, 2.05) is 0 Å². The number of anilines is 1. The van der Waals surface area contributed by atoms with Crippen LogP contribution in [0.4, 0.5) is 5.69 Å². The molecule has 9 nitrogen and oxygen atoms in total. The van der Waals surface area contributed by atoms with Gasteiger partial charge in [-0.05, 0) is 44.1 Å². The summed E-state index contributed by atoms with van der Waals surface area (Å²) < 4.78 is 3.04. The van der Waals surface area contributed by atoms with Crippen molar-refractivity contribution in [3.8, 4) is 0 Å². The first-order valence-corrected chi connectivity index (χ1v) is 12.5. The standard InChI is InChI=1S/C23H28N6O3S/c30-19(27-16-11-25-29(12-16)13-20(31)26-15-5-1-2-6-15)9-10-28-14-24-22-21(23(28)32)17-7-3-4-8-18(17)33-22/h11-12,14-15H,1-10,13H2,(H,26,31)(H,27,30). The summed E-state index contributed by atoms with van der Waals surface area (Å²) in [5.41, 5.74) is 1.62. The van der Waals surface area contributed by atoms with Gasteiger partial charge in [0.25, 0.3) is 5.56 Å². The average Bonchev–Trinajstić information content (AvgIpc) is 3.53. The molecule has 2 aliphatic carbocycles. The van der Waals surface area contributed by atoms with Crippen LogP contribution in [0.3, 0.4) is 0 Å². The van der Waals surface area contributed by atoms with E-state index in [2.05, 4.69) is 20.7 Å². The predicted octanol–water partition coefficient (Wildman–Crippen LogP) is 2.62. The van der Waals surface area contributed by atoms with Crippen LogP contribution in [0, 0.1) is 0 Å². The summed E-state index contributed by atoms with van der Waals surface area (Å²) in [6.45, 7) is 0.384. The number of fused-ring (bicyclic) bond motifs is 3. The number of carbonyl (C=O) groups is 2. The lowest BCUT2D eigenvalue weighted by Crippen LogP contribution is -2.35. The number of rotatable bonds is 7. The molecule has 2 N–H and O–H groups in total. The molecule has 33 heavy (non-hydrogen) atoms. The van der Waals surface area contributed by atoms with E-state index in [0.717, 1.165) is 67.1 Å². The molecule has 174 valence electrons. The molecule has 3 aromatic heterocycles. The van der Waals surface area contributed by atoms with Gasteiger partial charge >= 0.3 is 0 Å². The van der Waals surface area contributed by atoms with E-state index in [-0.39, 0.29) is 42.9 Å². The van der Waals surface area contributed by atoms with Crippen LogP contribution in [-0.4, -0.2) is 37.2 Å². The van der Waals surface area contributed by atoms with Crippen molar-refractivity contribution >= 4 is 39.1 Å². The van der Waals surface area contributed by atoms with Crippen molar-refractivity contribution in [2.45, 2.75) is 76.9 Å². The van der Waals surface area contributed by atoms with E-state index in [1.54, 1.807) is 23.9 Å². The summed E-state index contributed by atoms with van der Waals surface area (Å²) in [5, 5.41) is 10.7. The zero-order valence-corrected chi connectivity index (χ0v) is 19.3. The molecule has 0 aliphatic heterocycles. The molecule has 10 heteroatoms. The van der Waals surface area contributed by atoms with Gasteiger partial charge in [-0.3, -0.25) is 23.6 Å². The fourth-order valence-corrected chi connectivity index (χ4v) is 6.01. The van der Waals surface area contributed by atoms with Crippen LogP contribution in [0.15, 0.2) is 23.5 Å². The Labute approximate surface area is 195 Å². The van der Waals surface area contributed by atoms with Crippen LogP contribution in [-0.2, 0) is 35.5 Å². The Morgan fingerprint density at radius 3 is 2.79 bits per heavy atom. The smallest absolute Gasteiger partial charge is 0.262 e. The molecule has 0 bridgehead atoms. The third kappa shape index (κ3) is 4.85. The largest absolute Gasteiger partial charge is 0.352 e. The highest BCUT2D eigenvalue weighted by Gasteiger charge is 2.20. The van der Waals surface area contributed by atoms with Gasteiger partial charge in [0.05, 0.1) is 23.6 Å². The first-order chi connectivity index (χ1) is 16.1. The van der Waals surface area contributed by atoms with E-state index in [0.29, 0.717) is 5.69 Å². The molecule has 5 rings (SSSR count). The molecule has 0 atom stereocenters. The van der Waals surface area contributed by atoms with Gasteiger partial charge < -0.3 is 10.6 Å². The normalized spacial score (nSPS) is 16.1. The van der Waals surface area contributed by atoms with Gasteiger partial charge in [0, 0.05) is 30.1 Å². The number of thiophene rings is 1. The maximum absolute atomic E-state index is 13.0. The number of hydrogen-bond acceptors (Lipinski definition) is 6. The van der Waals surface area contributed by atoms with E-state index >= 15 is 0 Å². The average molecular weight is 469 g/mol. The highest BCUT2D eigenvalue weighted by atomic mass is 32.1. The second-order valence-corrected chi connectivity index (χ2v) is 9.99. The number of nitrogens with zero attached hydrogens (tertiary/aromatic N) is 4. The summed E-state index contributed by atoms with van der Waals surface area (Å²) in [7, 11) is 0. The van der Waals surface area contributed by atoms with E-state index in [4.69, 9.17) is 0 Å². The fourth-order valence-electron chi connectivity index (χ4n) is 4.79. The zero-order chi connectivity index (χ0) is 22.8. The van der Waals surface area contributed by atoms with Crippen molar-refractivity contribution in [3.05, 3.63) is 39.5 Å². The summed E-state index contributed by atoms with van der Waals surface area (Å²) in [6.07, 6.45) is 13.5. The summed E-state index contributed by atoms with van der Waals surface area (Å²) >= 11 is 1.62. The van der Waals surface area contributed by atoms with Crippen LogP contribution in [0.25, 0.3) is 10.2 Å². The van der Waals surface area contributed by atoms with Crippen LogP contribution in [0.5, 0.6) is 0 Å². The minimum absolute atomic E-state index is 0.0618. The Hall–Kier alpha value is -3.01. The molecular formula is C23H28N6O3S. The quantitative estimate of drug-likeness (QED) is 0.554. The molecule has 2 amide bonds. The van der Waals surface area contributed by atoms with Crippen LogP contribution in [0.2, 0.25) is 0 Å². The van der Waals surface area contributed by atoms with E-state index in [9.17, 15) is 14.4 Å². The van der Waals surface area contributed by atoms with Crippen LogP contribution >= 0.6 is 11.3 Å². The molecule has 0 saturated heterocycles. The Balaban J connectivity index is 1.17. The molecule has 1 saturated carbocycles. The minimum Gasteiger partial charge on any atom is -0.352 e. The monoisotopic (exact) mass is 468 g/mol. The maximum atomic E-state index is 13.0. The van der Waals surface area contributed by atoms with Crippen molar-refractivity contribution in [2.24, 2.45) is 0 Å². The SMILES string of the molecule is O=C(CCn1cnc2sc3c(c2c1=O)CCCC3)Nc1cnn(CC(=O)NC2CCCC2)c1. The number of aromatic nitrogens is 4. The maximum Gasteiger partial charge on any atom is 0.262 e. The summed E-state index contributed by atoms with van der Waals surface area (Å²) in [6, 6.07) is 0.268. The zero-order valence-electron chi connectivity index (χ0n) is 18.5. The third-order valence-electron chi connectivity index (χ3n) is 6.46. The van der Waals surface area contributed by atoms with Gasteiger partial charge in [0.1, 0.15) is 11.4 Å². The van der Waals surface area contributed by atoms with E-state index < -0.39 is 0 Å². The second kappa shape index (κ2) is 9.46. The van der Waals surface area contributed by atoms with Gasteiger partial charge in [-0.1, -0.05) is 12.8 Å². The van der Waals surface area contributed by atoms with E-state index in [1.165, 1.54) is 20.3 Å². The lowest BCUT2D eigenvalue weighted by atomic mass is 9.97. The minimum atomic E-state index is -0.218. The first-order valence-electron chi connectivity index (χ1n) is 11.7. The molecule has 3 aromatic rings. The molecule has 0 spiro atoms. The Morgan fingerprint density at radius 1 is 1.12 bits per heavy atom. The molecular weight excluding hydrogens is 440 g/mol. The van der Waals surface area contributed by atoms with Gasteiger partial charge in [-0.25, -0.2) is 4.98 Å². The third-order valence-corrected chi connectivity index (χ3v) is 7.66. The first kappa shape index (κ1) is 21.8. The fraction of sp³-hybridized carbons (Fsp3) is 0.522. The van der Waals surface area contributed by atoms with Crippen molar-refractivity contribution in [1.82, 2.24) is 24.6 Å². The van der Waals surface area contributed by atoms with Crippen molar-refractivity contribution in [2.75, 3.05) is 5.32 Å². The molecule has 0 aromatic carbocycles. The molecule has 0 radical (unpaired) electrons. The molecule has 2 aliphatic rings. The van der Waals surface area contributed by atoms with Gasteiger partial charge in [-0.2, -0.15) is 5.10 Å². The predicted molar refractivity (Wildman–Crippen MR) is 126 cm³/mol. The topological polar surface area (TPSA) is 111 Å². The van der Waals surface area contributed by atoms with Crippen LogP contribution in [0.1, 0.15) is 55.4 Å². The van der Waals surface area contributed by atoms with Gasteiger partial charge in [0.15, 0.2) is 0 Å². The number of hydrogen-bond donors (Lipinski definition) is 2. The lowest BCUT2D eigenvalue weighted by molar-refractivity contribution is -0.122. The lowest BCUT2D eigenvalue weighted by Gasteiger charge is -2.11. The van der Waals surface area contributed by atoms with Crippen LogP contribution < -0.4 is 16.2 Å². The summed E-state index contributed by atoms with van der Waals surface area (Å²) in [5.74, 6) is -0.287. The number of aryl methyl sites for hydroxylation is 3.